The minimum absolute atomic E-state index is 1.01. The predicted molar refractivity (Wildman–Crippen MR) is 108 cm³/mol. The summed E-state index contributed by atoms with van der Waals surface area (Å²) in [7, 11) is 0. The molecule has 2 aromatic carbocycles. The van der Waals surface area contributed by atoms with Crippen LogP contribution in [0.5, 0.6) is 0 Å². The molecule has 0 fully saturated rings. The number of aryl methyl sites for hydroxylation is 1. The Morgan fingerprint density at radius 1 is 0.731 bits per heavy atom. The summed E-state index contributed by atoms with van der Waals surface area (Å²) in [4.78, 5) is 4.63. The van der Waals surface area contributed by atoms with Gasteiger partial charge in [-0.3, -0.25) is 4.40 Å². The SMILES string of the molecule is Cc1cc(-c2ccccc2)c(-c2ccccc2)c2cc3cccnc3n12. The molecule has 0 aliphatic heterocycles. The molecule has 5 rings (SSSR count). The van der Waals surface area contributed by atoms with Crippen molar-refractivity contribution in [3.05, 3.63) is 96.8 Å². The molecular weight excluding hydrogens is 316 g/mol. The number of nitrogens with zero attached hydrogens (tertiary/aromatic N) is 2. The third-order valence-corrected chi connectivity index (χ3v) is 4.94. The van der Waals surface area contributed by atoms with Crippen molar-refractivity contribution in [3.63, 3.8) is 0 Å². The van der Waals surface area contributed by atoms with Gasteiger partial charge < -0.3 is 0 Å². The Balaban J connectivity index is 1.98. The number of benzene rings is 2. The van der Waals surface area contributed by atoms with Crippen molar-refractivity contribution in [2.45, 2.75) is 6.92 Å². The molecule has 124 valence electrons. The van der Waals surface area contributed by atoms with Gasteiger partial charge in [0, 0.05) is 22.8 Å². The molecule has 0 spiro atoms. The summed E-state index contributed by atoms with van der Waals surface area (Å²) in [5.41, 5.74) is 8.35. The van der Waals surface area contributed by atoms with Crippen molar-refractivity contribution in [2.24, 2.45) is 0 Å². The lowest BCUT2D eigenvalue weighted by Gasteiger charge is -2.15. The molecule has 5 aromatic rings. The Morgan fingerprint density at radius 3 is 2.15 bits per heavy atom. The van der Waals surface area contributed by atoms with Gasteiger partial charge in [-0.15, -0.1) is 0 Å². The van der Waals surface area contributed by atoms with Crippen molar-refractivity contribution >= 4 is 16.6 Å². The van der Waals surface area contributed by atoms with E-state index in [1.165, 1.54) is 33.5 Å². The number of rotatable bonds is 2. The van der Waals surface area contributed by atoms with Gasteiger partial charge in [-0.25, -0.2) is 4.98 Å². The zero-order valence-corrected chi connectivity index (χ0v) is 14.6. The first-order valence-electron chi connectivity index (χ1n) is 8.83. The highest BCUT2D eigenvalue weighted by Crippen LogP contribution is 2.38. The Morgan fingerprint density at radius 2 is 1.42 bits per heavy atom. The van der Waals surface area contributed by atoms with Crippen LogP contribution in [0.25, 0.3) is 38.8 Å². The highest BCUT2D eigenvalue weighted by molar-refractivity contribution is 5.99. The highest BCUT2D eigenvalue weighted by Gasteiger charge is 2.16. The van der Waals surface area contributed by atoms with Gasteiger partial charge in [-0.05, 0) is 47.9 Å². The summed E-state index contributed by atoms with van der Waals surface area (Å²) in [5.74, 6) is 0. The number of aromatic nitrogens is 2. The monoisotopic (exact) mass is 334 g/mol. The van der Waals surface area contributed by atoms with Crippen LogP contribution in [0, 0.1) is 6.92 Å². The first-order chi connectivity index (χ1) is 12.8. The smallest absolute Gasteiger partial charge is 0.144 e. The molecule has 0 bridgehead atoms. The first kappa shape index (κ1) is 14.9. The van der Waals surface area contributed by atoms with Crippen LogP contribution in [0.1, 0.15) is 5.69 Å². The molecule has 3 heterocycles. The zero-order chi connectivity index (χ0) is 17.5. The van der Waals surface area contributed by atoms with E-state index in [1.54, 1.807) is 0 Å². The standard InChI is InChI=1S/C24H18N2/c1-17-15-21(18-9-4-2-5-10-18)23(19-11-6-3-7-12-19)22-16-20-13-8-14-25-24(20)26(17)22/h2-16H,1H3. The van der Waals surface area contributed by atoms with Crippen molar-refractivity contribution in [3.8, 4) is 22.3 Å². The summed E-state index contributed by atoms with van der Waals surface area (Å²) in [6.45, 7) is 2.16. The fraction of sp³-hybridized carbons (Fsp3) is 0.0417. The summed E-state index contributed by atoms with van der Waals surface area (Å²) in [6.07, 6.45) is 1.86. The van der Waals surface area contributed by atoms with Gasteiger partial charge in [0.1, 0.15) is 5.65 Å². The van der Waals surface area contributed by atoms with Crippen molar-refractivity contribution < 1.29 is 0 Å². The normalized spacial score (nSPS) is 11.3. The van der Waals surface area contributed by atoms with E-state index in [9.17, 15) is 0 Å². The largest absolute Gasteiger partial charge is 0.298 e. The number of hydrogen-bond acceptors (Lipinski definition) is 1. The summed E-state index contributed by atoms with van der Waals surface area (Å²) < 4.78 is 2.27. The maximum Gasteiger partial charge on any atom is 0.144 e. The molecule has 0 saturated heterocycles. The first-order valence-corrected chi connectivity index (χ1v) is 8.83. The van der Waals surface area contributed by atoms with Crippen LogP contribution >= 0.6 is 0 Å². The zero-order valence-electron chi connectivity index (χ0n) is 14.6. The lowest BCUT2D eigenvalue weighted by atomic mass is 9.94. The van der Waals surface area contributed by atoms with E-state index >= 15 is 0 Å². The van der Waals surface area contributed by atoms with Gasteiger partial charge in [0.15, 0.2) is 0 Å². The summed E-state index contributed by atoms with van der Waals surface area (Å²) in [5, 5.41) is 1.16. The lowest BCUT2D eigenvalue weighted by molar-refractivity contribution is 1.11. The van der Waals surface area contributed by atoms with Crippen molar-refractivity contribution in [1.82, 2.24) is 9.38 Å². The number of pyridine rings is 2. The van der Waals surface area contributed by atoms with Crippen LogP contribution in [0.4, 0.5) is 0 Å². The second-order valence-corrected chi connectivity index (χ2v) is 6.59. The molecule has 0 amide bonds. The van der Waals surface area contributed by atoms with E-state index in [1.807, 2.05) is 12.3 Å². The Bertz CT molecular complexity index is 1220. The molecule has 0 saturated carbocycles. The average Bonchev–Trinajstić information content (AvgIpc) is 3.09. The van der Waals surface area contributed by atoms with E-state index in [4.69, 9.17) is 0 Å². The van der Waals surface area contributed by atoms with E-state index in [0.29, 0.717) is 0 Å². The molecule has 0 radical (unpaired) electrons. The summed E-state index contributed by atoms with van der Waals surface area (Å²) in [6, 6.07) is 29.9. The Labute approximate surface area is 152 Å². The van der Waals surface area contributed by atoms with Crippen LogP contribution in [-0.4, -0.2) is 9.38 Å². The van der Waals surface area contributed by atoms with Gasteiger partial charge in [0.05, 0.1) is 5.52 Å². The second kappa shape index (κ2) is 5.85. The molecule has 0 N–H and O–H groups in total. The topological polar surface area (TPSA) is 17.3 Å². The molecule has 0 unspecified atom stereocenters. The number of hydrogen-bond donors (Lipinski definition) is 0. The van der Waals surface area contributed by atoms with Crippen LogP contribution in [-0.2, 0) is 0 Å². The Hall–Kier alpha value is -3.39. The van der Waals surface area contributed by atoms with E-state index < -0.39 is 0 Å². The van der Waals surface area contributed by atoms with Gasteiger partial charge in [-0.2, -0.15) is 0 Å². The fourth-order valence-electron chi connectivity index (χ4n) is 3.81. The van der Waals surface area contributed by atoms with Crippen LogP contribution in [0.15, 0.2) is 91.1 Å². The molecule has 0 atom stereocenters. The molecule has 3 aromatic heterocycles. The minimum atomic E-state index is 1.01. The molecule has 2 heteroatoms. The van der Waals surface area contributed by atoms with E-state index in [2.05, 4.69) is 95.2 Å². The maximum atomic E-state index is 4.63. The maximum absolute atomic E-state index is 4.63. The van der Waals surface area contributed by atoms with Crippen LogP contribution in [0.2, 0.25) is 0 Å². The molecule has 0 aliphatic rings. The third kappa shape index (κ3) is 2.23. The summed E-state index contributed by atoms with van der Waals surface area (Å²) >= 11 is 0. The van der Waals surface area contributed by atoms with E-state index in [0.717, 1.165) is 11.0 Å². The van der Waals surface area contributed by atoms with Gasteiger partial charge in [-0.1, -0.05) is 60.7 Å². The van der Waals surface area contributed by atoms with Crippen LogP contribution in [0.3, 0.4) is 0 Å². The van der Waals surface area contributed by atoms with Crippen LogP contribution < -0.4 is 0 Å². The van der Waals surface area contributed by atoms with Gasteiger partial charge >= 0.3 is 0 Å². The highest BCUT2D eigenvalue weighted by atomic mass is 15.0. The Kier molecular flexibility index (Phi) is 3.36. The molecule has 2 nitrogen and oxygen atoms in total. The second-order valence-electron chi connectivity index (χ2n) is 6.59. The van der Waals surface area contributed by atoms with Crippen molar-refractivity contribution in [2.75, 3.05) is 0 Å². The number of fused-ring (bicyclic) bond motifs is 3. The average molecular weight is 334 g/mol. The molecular formula is C24H18N2. The quantitative estimate of drug-likeness (QED) is 0.379. The predicted octanol–water partition coefficient (Wildman–Crippen LogP) is 6.13. The lowest BCUT2D eigenvalue weighted by Crippen LogP contribution is -1.97. The van der Waals surface area contributed by atoms with Gasteiger partial charge in [0.2, 0.25) is 0 Å². The molecule has 26 heavy (non-hydrogen) atoms. The van der Waals surface area contributed by atoms with Crippen molar-refractivity contribution in [1.29, 1.82) is 0 Å². The molecule has 0 aliphatic carbocycles. The fourth-order valence-corrected chi connectivity index (χ4v) is 3.81. The third-order valence-electron chi connectivity index (χ3n) is 4.94. The minimum Gasteiger partial charge on any atom is -0.298 e. The van der Waals surface area contributed by atoms with Gasteiger partial charge in [0.25, 0.3) is 0 Å². The van der Waals surface area contributed by atoms with E-state index in [-0.39, 0.29) is 0 Å².